The highest BCUT2D eigenvalue weighted by molar-refractivity contribution is 7.85. The summed E-state index contributed by atoms with van der Waals surface area (Å²) in [6.07, 6.45) is 38.3. The number of allylic oxidation sites excluding steroid dienone is 10. The van der Waals surface area contributed by atoms with Crippen LogP contribution >= 0.6 is 0 Å². The molecule has 0 radical (unpaired) electrons. The van der Waals surface area contributed by atoms with Crippen LogP contribution in [0.3, 0.4) is 0 Å². The van der Waals surface area contributed by atoms with Gasteiger partial charge in [0.2, 0.25) is 0 Å². The zero-order valence-electron chi connectivity index (χ0n) is 38.2. The summed E-state index contributed by atoms with van der Waals surface area (Å²) in [5.74, 6) is -2.04. The van der Waals surface area contributed by atoms with E-state index >= 15 is 0 Å². The van der Waals surface area contributed by atoms with Gasteiger partial charge in [-0.3, -0.25) is 14.1 Å². The highest BCUT2D eigenvalue weighted by Crippen LogP contribution is 2.24. The molecule has 4 N–H and O–H groups in total. The molecule has 0 aromatic rings. The summed E-state index contributed by atoms with van der Waals surface area (Å²) in [6, 6.07) is 0. The number of hydrogen-bond acceptors (Lipinski definition) is 11. The van der Waals surface area contributed by atoms with Gasteiger partial charge in [-0.15, -0.1) is 0 Å². The molecule has 0 saturated carbocycles. The lowest BCUT2D eigenvalue weighted by atomic mass is 10.00. The number of carbonyl (C=O) groups excluding carboxylic acids is 2. The molecule has 62 heavy (non-hydrogen) atoms. The summed E-state index contributed by atoms with van der Waals surface area (Å²) in [5, 5.41) is 30.9. The van der Waals surface area contributed by atoms with Crippen molar-refractivity contribution in [3.8, 4) is 0 Å². The van der Waals surface area contributed by atoms with Gasteiger partial charge in [0.15, 0.2) is 12.4 Å². The smallest absolute Gasteiger partial charge is 0.306 e. The van der Waals surface area contributed by atoms with Crippen molar-refractivity contribution in [2.75, 3.05) is 19.0 Å². The van der Waals surface area contributed by atoms with E-state index in [1.807, 2.05) is 0 Å². The topological polar surface area (TPSA) is 186 Å². The molecule has 2 unspecified atom stereocenters. The summed E-state index contributed by atoms with van der Waals surface area (Å²) in [6.45, 7) is 3.67. The zero-order valence-corrected chi connectivity index (χ0v) is 39.0. The molecule has 0 bridgehead atoms. The Morgan fingerprint density at radius 2 is 0.968 bits per heavy atom. The first-order valence-corrected chi connectivity index (χ1v) is 25.5. The molecule has 0 spiro atoms. The maximum Gasteiger partial charge on any atom is 0.306 e. The molecule has 13 heteroatoms. The van der Waals surface area contributed by atoms with Crippen molar-refractivity contribution in [3.63, 3.8) is 0 Å². The summed E-state index contributed by atoms with van der Waals surface area (Å²) < 4.78 is 54.1. The average molecular weight is 897 g/mol. The van der Waals surface area contributed by atoms with Crippen molar-refractivity contribution in [2.24, 2.45) is 0 Å². The van der Waals surface area contributed by atoms with Gasteiger partial charge >= 0.3 is 11.9 Å². The van der Waals surface area contributed by atoms with Crippen LogP contribution in [0.1, 0.15) is 181 Å². The van der Waals surface area contributed by atoms with Gasteiger partial charge in [-0.2, -0.15) is 8.42 Å². The molecule has 0 amide bonds. The van der Waals surface area contributed by atoms with Crippen LogP contribution in [0, 0.1) is 0 Å². The molecule has 1 heterocycles. The predicted octanol–water partition coefficient (Wildman–Crippen LogP) is 10.1. The molecule has 0 aromatic carbocycles. The van der Waals surface area contributed by atoms with Crippen LogP contribution in [-0.4, -0.2) is 96.0 Å². The first-order valence-electron chi connectivity index (χ1n) is 23.8. The summed E-state index contributed by atoms with van der Waals surface area (Å²) in [5.41, 5.74) is 0. The molecular weight excluding hydrogens is 813 g/mol. The maximum atomic E-state index is 12.8. The summed E-state index contributed by atoms with van der Waals surface area (Å²) in [7, 11) is -4.61. The lowest BCUT2D eigenvalue weighted by Gasteiger charge is -2.40. The average Bonchev–Trinajstić information content (AvgIpc) is 3.24. The number of esters is 2. The van der Waals surface area contributed by atoms with Gasteiger partial charge in [-0.25, -0.2) is 0 Å². The normalized spacial score (nSPS) is 20.4. The lowest BCUT2D eigenvalue weighted by Crippen LogP contribution is -2.60. The Balaban J connectivity index is 2.45. The third-order valence-corrected chi connectivity index (χ3v) is 11.3. The highest BCUT2D eigenvalue weighted by atomic mass is 32.2. The van der Waals surface area contributed by atoms with Crippen LogP contribution in [0.4, 0.5) is 0 Å². The Kier molecular flexibility index (Phi) is 35.9. The van der Waals surface area contributed by atoms with Gasteiger partial charge in [0.1, 0.15) is 36.8 Å². The van der Waals surface area contributed by atoms with Crippen molar-refractivity contribution in [2.45, 2.75) is 218 Å². The fourth-order valence-electron chi connectivity index (χ4n) is 6.83. The minimum Gasteiger partial charge on any atom is -0.462 e. The predicted molar refractivity (Wildman–Crippen MR) is 247 cm³/mol. The largest absolute Gasteiger partial charge is 0.462 e. The number of hydrogen-bond donors (Lipinski definition) is 4. The number of unbranched alkanes of at least 4 members (excludes halogenated alkanes) is 17. The fourth-order valence-corrected chi connectivity index (χ4v) is 7.52. The third kappa shape index (κ3) is 32.9. The van der Waals surface area contributed by atoms with E-state index in [4.69, 9.17) is 18.9 Å². The van der Waals surface area contributed by atoms with Gasteiger partial charge in [0, 0.05) is 12.8 Å². The Morgan fingerprint density at radius 3 is 1.47 bits per heavy atom. The van der Waals surface area contributed by atoms with Crippen LogP contribution in [-0.2, 0) is 38.7 Å². The van der Waals surface area contributed by atoms with Crippen LogP contribution in [0.25, 0.3) is 0 Å². The molecule has 1 rings (SSSR count). The van der Waals surface area contributed by atoms with E-state index < -0.39 is 71.2 Å². The van der Waals surface area contributed by atoms with Crippen molar-refractivity contribution < 1.29 is 56.8 Å². The molecular formula is C49H84O12S. The number of rotatable bonds is 39. The molecule has 6 atom stereocenters. The summed E-state index contributed by atoms with van der Waals surface area (Å²) in [4.78, 5) is 25.4. The van der Waals surface area contributed by atoms with Crippen LogP contribution in [0.15, 0.2) is 60.8 Å². The van der Waals surface area contributed by atoms with Crippen LogP contribution in [0.5, 0.6) is 0 Å². The van der Waals surface area contributed by atoms with Gasteiger partial charge in [0.05, 0.1) is 6.61 Å². The van der Waals surface area contributed by atoms with Gasteiger partial charge < -0.3 is 34.3 Å². The Morgan fingerprint density at radius 1 is 0.548 bits per heavy atom. The van der Waals surface area contributed by atoms with E-state index in [2.05, 4.69) is 74.6 Å². The monoisotopic (exact) mass is 897 g/mol. The second-order valence-corrected chi connectivity index (χ2v) is 17.9. The van der Waals surface area contributed by atoms with E-state index in [1.54, 1.807) is 0 Å². The third-order valence-electron chi connectivity index (χ3n) is 10.6. The van der Waals surface area contributed by atoms with E-state index in [-0.39, 0.29) is 19.4 Å². The Labute approximate surface area is 375 Å². The van der Waals surface area contributed by atoms with E-state index in [1.165, 1.54) is 70.6 Å². The van der Waals surface area contributed by atoms with Gasteiger partial charge in [0.25, 0.3) is 10.1 Å². The van der Waals surface area contributed by atoms with Crippen molar-refractivity contribution in [3.05, 3.63) is 60.8 Å². The highest BCUT2D eigenvalue weighted by Gasteiger charge is 2.46. The molecule has 1 aliphatic heterocycles. The molecule has 1 saturated heterocycles. The fraction of sp³-hybridized carbons (Fsp3) is 0.755. The number of aliphatic hydroxyl groups is 3. The van der Waals surface area contributed by atoms with Crippen molar-refractivity contribution >= 4 is 22.1 Å². The van der Waals surface area contributed by atoms with Crippen LogP contribution < -0.4 is 0 Å². The molecule has 12 nitrogen and oxygen atoms in total. The van der Waals surface area contributed by atoms with E-state index in [0.29, 0.717) is 12.8 Å². The minimum absolute atomic E-state index is 0.149. The SMILES string of the molecule is CCCCC/C=C/C/C=C/C/C=C/CCCCC(=O)OC[C@H](CO[C@H]1O[C@H](CS(=O)(=O)O)[C@@H](O)C(O)C1O)OC(=O)CCCCCCCCCCC/C=C/C/C=C/CCCCC. The Hall–Kier alpha value is -2.65. The van der Waals surface area contributed by atoms with E-state index in [9.17, 15) is 37.9 Å². The van der Waals surface area contributed by atoms with Gasteiger partial charge in [-0.05, 0) is 83.5 Å². The first kappa shape index (κ1) is 57.4. The molecule has 1 aliphatic rings. The first-order chi connectivity index (χ1) is 30.0. The quantitative estimate of drug-likeness (QED) is 0.0198. The molecule has 358 valence electrons. The van der Waals surface area contributed by atoms with Gasteiger partial charge in [-0.1, -0.05) is 145 Å². The van der Waals surface area contributed by atoms with E-state index in [0.717, 1.165) is 70.6 Å². The molecule has 0 aromatic heterocycles. The van der Waals surface area contributed by atoms with Crippen molar-refractivity contribution in [1.29, 1.82) is 0 Å². The number of carbonyl (C=O) groups is 2. The Bertz CT molecular complexity index is 1370. The maximum absolute atomic E-state index is 12.8. The second-order valence-electron chi connectivity index (χ2n) is 16.4. The zero-order chi connectivity index (χ0) is 45.5. The lowest BCUT2D eigenvalue weighted by molar-refractivity contribution is -0.297. The molecule has 0 aliphatic carbocycles. The van der Waals surface area contributed by atoms with Crippen LogP contribution in [0.2, 0.25) is 0 Å². The number of aliphatic hydroxyl groups excluding tert-OH is 3. The molecule has 1 fully saturated rings. The second kappa shape index (κ2) is 38.8. The van der Waals surface area contributed by atoms with Crippen molar-refractivity contribution in [1.82, 2.24) is 0 Å². The number of ether oxygens (including phenoxy) is 4. The minimum atomic E-state index is -4.61. The standard InChI is InChI=1S/C49H84O12S/c1-3-5-7-9-11-13-15-17-19-20-21-22-24-26-28-30-32-34-36-38-45(51)60-42(40-59-49-48(54)47(53)46(52)43(61-49)41-62(55,56)57)39-58-44(50)37-35-33-31-29-27-25-23-18-16-14-12-10-8-6-4-2/h11-14,17-19,23,27,29,42-43,46-49,52-54H,3-10,15-16,20-22,24-26,28,30-41H2,1-2H3,(H,55,56,57)/b13-11+,14-12+,19-17+,23-18+,29-27+/t42-,43-,46-,47?,48?,49+/m1/s1. The summed E-state index contributed by atoms with van der Waals surface area (Å²) >= 11 is 0.